The molecule has 10 heteroatoms. The largest absolute Gasteiger partial charge is 0.478 e. The van der Waals surface area contributed by atoms with E-state index in [9.17, 15) is 18.0 Å². The maximum absolute atomic E-state index is 11.5. The highest BCUT2D eigenvalue weighted by Gasteiger charge is 2.16. The van der Waals surface area contributed by atoms with E-state index < -0.39 is 22.0 Å². The molecule has 0 atom stereocenters. The lowest BCUT2D eigenvalue weighted by Crippen LogP contribution is -2.36. The van der Waals surface area contributed by atoms with Crippen molar-refractivity contribution in [2.45, 2.75) is 0 Å². The first-order valence-electron chi connectivity index (χ1n) is 5.50. The minimum absolute atomic E-state index is 0.00827. The minimum atomic E-state index is -3.38. The molecule has 0 spiro atoms. The van der Waals surface area contributed by atoms with Crippen LogP contribution in [-0.2, 0) is 10.0 Å². The molecule has 1 aromatic heterocycles. The molecule has 3 N–H and O–H groups in total. The lowest BCUT2D eigenvalue weighted by atomic mass is 10.3. The molecule has 0 saturated heterocycles. The number of carbonyl (C=O) groups is 2. The molecule has 1 rings (SSSR count). The van der Waals surface area contributed by atoms with E-state index >= 15 is 0 Å². The van der Waals surface area contributed by atoms with E-state index in [2.05, 4.69) is 10.6 Å². The van der Waals surface area contributed by atoms with Crippen molar-refractivity contribution in [2.75, 3.05) is 31.7 Å². The van der Waals surface area contributed by atoms with Gasteiger partial charge >= 0.3 is 12.0 Å². The Bertz CT molecular complexity index is 594. The fourth-order valence-corrected chi connectivity index (χ4v) is 2.70. The lowest BCUT2D eigenvalue weighted by Gasteiger charge is -2.11. The number of urea groups is 1. The number of nitrogens with zero attached hydrogens (tertiary/aromatic N) is 1. The summed E-state index contributed by atoms with van der Waals surface area (Å²) in [6.07, 6.45) is 0. The highest BCUT2D eigenvalue weighted by Crippen LogP contribution is 2.22. The molecular formula is C10H15N3O5S2. The van der Waals surface area contributed by atoms with Crippen LogP contribution in [0.2, 0.25) is 0 Å². The van der Waals surface area contributed by atoms with Gasteiger partial charge in [-0.1, -0.05) is 0 Å². The molecule has 0 aliphatic carbocycles. The molecule has 1 heterocycles. The summed E-state index contributed by atoms with van der Waals surface area (Å²) < 4.78 is 24.0. The number of rotatable bonds is 6. The number of sulfonamides is 1. The molecule has 0 radical (unpaired) electrons. The van der Waals surface area contributed by atoms with Gasteiger partial charge in [0.15, 0.2) is 0 Å². The Kier molecular flexibility index (Phi) is 5.48. The van der Waals surface area contributed by atoms with E-state index in [0.717, 1.165) is 15.6 Å². The number of anilines is 1. The van der Waals surface area contributed by atoms with Gasteiger partial charge in [0.05, 0.1) is 11.3 Å². The average molecular weight is 321 g/mol. The molecule has 20 heavy (non-hydrogen) atoms. The third kappa shape index (κ3) is 4.47. The standard InChI is InChI=1S/C10H15N3O5S2/c1-13(2)20(17,18)6-4-11-10(16)12-8-7(9(14)15)3-5-19-8/h3,5H,4,6H2,1-2H3,(H,14,15)(H2,11,12,16). The monoisotopic (exact) mass is 321 g/mol. The predicted molar refractivity (Wildman–Crippen MR) is 75.8 cm³/mol. The second-order valence-corrected chi connectivity index (χ2v) is 7.17. The molecule has 0 aliphatic rings. The van der Waals surface area contributed by atoms with Gasteiger partial charge in [-0.05, 0) is 11.4 Å². The topological polar surface area (TPSA) is 116 Å². The number of carbonyl (C=O) groups excluding carboxylic acids is 1. The Morgan fingerprint density at radius 1 is 1.40 bits per heavy atom. The summed E-state index contributed by atoms with van der Waals surface area (Å²) >= 11 is 1.07. The highest BCUT2D eigenvalue weighted by atomic mass is 32.2. The number of thiophene rings is 1. The Morgan fingerprint density at radius 2 is 2.05 bits per heavy atom. The molecule has 0 aliphatic heterocycles. The maximum atomic E-state index is 11.5. The van der Waals surface area contributed by atoms with E-state index in [1.165, 1.54) is 25.5 Å². The minimum Gasteiger partial charge on any atom is -0.478 e. The van der Waals surface area contributed by atoms with Gasteiger partial charge in [-0.15, -0.1) is 11.3 Å². The zero-order chi connectivity index (χ0) is 15.3. The lowest BCUT2D eigenvalue weighted by molar-refractivity contribution is 0.0698. The van der Waals surface area contributed by atoms with Gasteiger partial charge in [0.1, 0.15) is 5.00 Å². The smallest absolute Gasteiger partial charge is 0.338 e. The summed E-state index contributed by atoms with van der Waals surface area (Å²) in [5.74, 6) is -1.37. The molecular weight excluding hydrogens is 306 g/mol. The van der Waals surface area contributed by atoms with Crippen molar-refractivity contribution in [1.29, 1.82) is 0 Å². The van der Waals surface area contributed by atoms with E-state index in [1.54, 1.807) is 0 Å². The number of aromatic carboxylic acids is 1. The Balaban J connectivity index is 2.49. The number of carboxylic acids is 1. The third-order valence-corrected chi connectivity index (χ3v) is 4.99. The van der Waals surface area contributed by atoms with Gasteiger partial charge in [0.25, 0.3) is 0 Å². The predicted octanol–water partition coefficient (Wildman–Crippen LogP) is 0.459. The van der Waals surface area contributed by atoms with Crippen LogP contribution in [0.3, 0.4) is 0 Å². The molecule has 0 bridgehead atoms. The SMILES string of the molecule is CN(C)S(=O)(=O)CCNC(=O)Nc1sccc1C(=O)O. The zero-order valence-electron chi connectivity index (χ0n) is 10.9. The van der Waals surface area contributed by atoms with E-state index in [-0.39, 0.29) is 22.9 Å². The van der Waals surface area contributed by atoms with Crippen LogP contribution in [0.5, 0.6) is 0 Å². The summed E-state index contributed by atoms with van der Waals surface area (Å²) in [7, 11) is -0.572. The van der Waals surface area contributed by atoms with Crippen molar-refractivity contribution in [1.82, 2.24) is 9.62 Å². The van der Waals surface area contributed by atoms with Crippen LogP contribution >= 0.6 is 11.3 Å². The van der Waals surface area contributed by atoms with E-state index in [4.69, 9.17) is 5.11 Å². The van der Waals surface area contributed by atoms with Gasteiger partial charge in [-0.3, -0.25) is 5.32 Å². The van der Waals surface area contributed by atoms with Gasteiger partial charge in [-0.2, -0.15) is 0 Å². The van der Waals surface area contributed by atoms with Crippen molar-refractivity contribution >= 4 is 38.4 Å². The van der Waals surface area contributed by atoms with Crippen LogP contribution in [0, 0.1) is 0 Å². The number of amides is 2. The molecule has 0 fully saturated rings. The molecule has 0 unspecified atom stereocenters. The van der Waals surface area contributed by atoms with Gasteiger partial charge in [0, 0.05) is 20.6 Å². The van der Waals surface area contributed by atoms with Crippen LogP contribution in [-0.4, -0.2) is 56.2 Å². The van der Waals surface area contributed by atoms with Gasteiger partial charge < -0.3 is 10.4 Å². The number of hydrogen-bond donors (Lipinski definition) is 3. The first-order valence-corrected chi connectivity index (χ1v) is 7.99. The second kappa shape index (κ2) is 6.68. The summed E-state index contributed by atoms with van der Waals surface area (Å²) in [5, 5.41) is 15.3. The van der Waals surface area contributed by atoms with Gasteiger partial charge in [0.2, 0.25) is 10.0 Å². The molecule has 2 amide bonds. The second-order valence-electron chi connectivity index (χ2n) is 3.95. The van der Waals surface area contributed by atoms with Crippen LogP contribution in [0.15, 0.2) is 11.4 Å². The van der Waals surface area contributed by atoms with Gasteiger partial charge in [-0.25, -0.2) is 22.3 Å². The van der Waals surface area contributed by atoms with Crippen molar-refractivity contribution in [2.24, 2.45) is 0 Å². The molecule has 0 aromatic carbocycles. The molecule has 8 nitrogen and oxygen atoms in total. The maximum Gasteiger partial charge on any atom is 0.338 e. The normalized spacial score (nSPS) is 11.3. The van der Waals surface area contributed by atoms with Crippen molar-refractivity contribution in [3.05, 3.63) is 17.0 Å². The Hall–Kier alpha value is -1.65. The van der Waals surface area contributed by atoms with Crippen LogP contribution in [0.4, 0.5) is 9.80 Å². The number of carboxylic acid groups (broad SMARTS) is 1. The Labute approximate surface area is 120 Å². The summed E-state index contributed by atoms with van der Waals surface area (Å²) in [4.78, 5) is 22.4. The fraction of sp³-hybridized carbons (Fsp3) is 0.400. The Morgan fingerprint density at radius 3 is 2.60 bits per heavy atom. The summed E-state index contributed by atoms with van der Waals surface area (Å²) in [6.45, 7) is -0.0693. The number of hydrogen-bond acceptors (Lipinski definition) is 5. The average Bonchev–Trinajstić information content (AvgIpc) is 2.76. The van der Waals surface area contributed by atoms with Crippen LogP contribution in [0.25, 0.3) is 0 Å². The zero-order valence-corrected chi connectivity index (χ0v) is 12.5. The van der Waals surface area contributed by atoms with E-state index in [0.29, 0.717) is 0 Å². The quantitative estimate of drug-likeness (QED) is 0.704. The summed E-state index contributed by atoms with van der Waals surface area (Å²) in [6, 6.07) is 0.725. The highest BCUT2D eigenvalue weighted by molar-refractivity contribution is 7.89. The van der Waals surface area contributed by atoms with Crippen LogP contribution < -0.4 is 10.6 Å². The number of nitrogens with one attached hydrogen (secondary N) is 2. The van der Waals surface area contributed by atoms with Crippen molar-refractivity contribution in [3.8, 4) is 0 Å². The fourth-order valence-electron chi connectivity index (χ4n) is 1.20. The van der Waals surface area contributed by atoms with Crippen LogP contribution in [0.1, 0.15) is 10.4 Å². The third-order valence-electron chi connectivity index (χ3n) is 2.32. The van der Waals surface area contributed by atoms with Crippen molar-refractivity contribution in [3.63, 3.8) is 0 Å². The van der Waals surface area contributed by atoms with Crippen molar-refractivity contribution < 1.29 is 23.1 Å². The summed E-state index contributed by atoms with van der Waals surface area (Å²) in [5.41, 5.74) is -0.00827. The first-order chi connectivity index (χ1) is 9.24. The first kappa shape index (κ1) is 16.4. The molecule has 112 valence electrons. The van der Waals surface area contributed by atoms with E-state index in [1.807, 2.05) is 0 Å². The molecule has 0 saturated carbocycles. The molecule has 1 aromatic rings.